The van der Waals surface area contributed by atoms with Gasteiger partial charge < -0.3 is 9.15 Å². The number of halogens is 1. The van der Waals surface area contributed by atoms with Crippen LogP contribution in [0.15, 0.2) is 35.1 Å². The first kappa shape index (κ1) is 10.7. The predicted octanol–water partition coefficient (Wildman–Crippen LogP) is 2.78. The maximum Gasteiger partial charge on any atom is 0.339 e. The first-order chi connectivity index (χ1) is 7.72. The molecule has 1 heterocycles. The molecule has 2 aromatic rings. The lowest BCUT2D eigenvalue weighted by Gasteiger charge is -2.03. The van der Waals surface area contributed by atoms with Crippen molar-refractivity contribution in [2.75, 3.05) is 7.11 Å². The summed E-state index contributed by atoms with van der Waals surface area (Å²) in [7, 11) is 1.31. The van der Waals surface area contributed by atoms with E-state index in [1.165, 1.54) is 19.6 Å². The Bertz CT molecular complexity index is 508. The van der Waals surface area contributed by atoms with Crippen molar-refractivity contribution in [2.24, 2.45) is 0 Å². The van der Waals surface area contributed by atoms with Gasteiger partial charge in [-0.25, -0.2) is 9.78 Å². The minimum atomic E-state index is -0.469. The normalized spacial score (nSPS) is 10.1. The van der Waals surface area contributed by atoms with E-state index in [0.717, 1.165) is 0 Å². The van der Waals surface area contributed by atoms with E-state index in [1.54, 1.807) is 18.2 Å². The van der Waals surface area contributed by atoms with E-state index >= 15 is 0 Å². The Morgan fingerprint density at radius 2 is 2.31 bits per heavy atom. The Balaban J connectivity index is 2.41. The van der Waals surface area contributed by atoms with Crippen molar-refractivity contribution in [3.8, 4) is 11.5 Å². The number of esters is 1. The van der Waals surface area contributed by atoms with Crippen LogP contribution in [0.5, 0.6) is 0 Å². The van der Waals surface area contributed by atoms with Gasteiger partial charge in [0.1, 0.15) is 6.26 Å². The molecule has 1 aromatic carbocycles. The molecule has 0 radical (unpaired) electrons. The van der Waals surface area contributed by atoms with Gasteiger partial charge in [0, 0.05) is 5.56 Å². The predicted molar refractivity (Wildman–Crippen MR) is 58.3 cm³/mol. The van der Waals surface area contributed by atoms with Gasteiger partial charge in [0.25, 0.3) is 0 Å². The summed E-state index contributed by atoms with van der Waals surface area (Å²) >= 11 is 5.95. The van der Waals surface area contributed by atoms with Crippen LogP contribution in [0.4, 0.5) is 0 Å². The second-order valence-electron chi connectivity index (χ2n) is 3.02. The van der Waals surface area contributed by atoms with Gasteiger partial charge in [0.15, 0.2) is 0 Å². The topological polar surface area (TPSA) is 52.3 Å². The second kappa shape index (κ2) is 4.37. The SMILES string of the molecule is COC(=O)c1ccc(-c2ncco2)cc1Cl. The molecule has 0 saturated heterocycles. The average Bonchev–Trinajstić information content (AvgIpc) is 2.81. The maximum atomic E-state index is 11.3. The molecule has 0 atom stereocenters. The highest BCUT2D eigenvalue weighted by Crippen LogP contribution is 2.24. The lowest BCUT2D eigenvalue weighted by atomic mass is 10.1. The summed E-state index contributed by atoms with van der Waals surface area (Å²) in [5.74, 6) is -0.0118. The lowest BCUT2D eigenvalue weighted by Crippen LogP contribution is -2.01. The minimum absolute atomic E-state index is 0.308. The molecule has 2 rings (SSSR count). The van der Waals surface area contributed by atoms with Gasteiger partial charge in [-0.2, -0.15) is 0 Å². The zero-order chi connectivity index (χ0) is 11.5. The molecule has 0 spiro atoms. The number of benzene rings is 1. The zero-order valence-electron chi connectivity index (χ0n) is 8.44. The van der Waals surface area contributed by atoms with Crippen LogP contribution in [0.1, 0.15) is 10.4 Å². The number of methoxy groups -OCH3 is 1. The number of carbonyl (C=O) groups excluding carboxylic acids is 1. The first-order valence-electron chi connectivity index (χ1n) is 4.50. The van der Waals surface area contributed by atoms with E-state index in [1.807, 2.05) is 0 Å². The fraction of sp³-hybridized carbons (Fsp3) is 0.0909. The van der Waals surface area contributed by atoms with Crippen LogP contribution < -0.4 is 0 Å². The summed E-state index contributed by atoms with van der Waals surface area (Å²) < 4.78 is 9.70. The Labute approximate surface area is 96.8 Å². The van der Waals surface area contributed by atoms with Gasteiger partial charge in [-0.15, -0.1) is 0 Å². The quantitative estimate of drug-likeness (QED) is 0.754. The summed E-state index contributed by atoms with van der Waals surface area (Å²) in [6.45, 7) is 0. The molecular formula is C11H8ClNO3. The van der Waals surface area contributed by atoms with Crippen molar-refractivity contribution in [3.63, 3.8) is 0 Å². The second-order valence-corrected chi connectivity index (χ2v) is 3.43. The Kier molecular flexibility index (Phi) is 2.92. The average molecular weight is 238 g/mol. The van der Waals surface area contributed by atoms with Crippen LogP contribution in [0, 0.1) is 0 Å². The fourth-order valence-corrected chi connectivity index (χ4v) is 1.55. The number of aromatic nitrogens is 1. The molecule has 4 nitrogen and oxygen atoms in total. The third kappa shape index (κ3) is 1.92. The molecule has 1 aromatic heterocycles. The Morgan fingerprint density at radius 1 is 1.50 bits per heavy atom. The van der Waals surface area contributed by atoms with E-state index in [0.29, 0.717) is 22.0 Å². The van der Waals surface area contributed by atoms with Crippen LogP contribution in [-0.4, -0.2) is 18.1 Å². The molecule has 5 heteroatoms. The smallest absolute Gasteiger partial charge is 0.339 e. The highest BCUT2D eigenvalue weighted by Gasteiger charge is 2.12. The van der Waals surface area contributed by atoms with Crippen LogP contribution in [-0.2, 0) is 4.74 Å². The molecule has 0 N–H and O–H groups in total. The Hall–Kier alpha value is -1.81. The van der Waals surface area contributed by atoms with E-state index in [-0.39, 0.29) is 0 Å². The van der Waals surface area contributed by atoms with Gasteiger partial charge in [0.2, 0.25) is 5.89 Å². The summed E-state index contributed by atoms with van der Waals surface area (Å²) in [5.41, 5.74) is 1.03. The number of oxazole rings is 1. The third-order valence-electron chi connectivity index (χ3n) is 2.05. The largest absolute Gasteiger partial charge is 0.465 e. The molecule has 0 aliphatic rings. The molecular weight excluding hydrogens is 230 g/mol. The summed E-state index contributed by atoms with van der Waals surface area (Å²) in [4.78, 5) is 15.3. The molecule has 0 unspecified atom stereocenters. The van der Waals surface area contributed by atoms with Crippen LogP contribution >= 0.6 is 11.6 Å². The first-order valence-corrected chi connectivity index (χ1v) is 4.88. The highest BCUT2D eigenvalue weighted by atomic mass is 35.5. The molecule has 0 aliphatic carbocycles. The molecule has 0 bridgehead atoms. The van der Waals surface area contributed by atoms with E-state index in [9.17, 15) is 4.79 Å². The van der Waals surface area contributed by atoms with Crippen molar-refractivity contribution in [3.05, 3.63) is 41.2 Å². The van der Waals surface area contributed by atoms with Crippen LogP contribution in [0.3, 0.4) is 0 Å². The van der Waals surface area contributed by atoms with Crippen molar-refractivity contribution in [2.45, 2.75) is 0 Å². The number of rotatable bonds is 2. The summed E-state index contributed by atoms with van der Waals surface area (Å²) in [6, 6.07) is 4.89. The van der Waals surface area contributed by atoms with Crippen LogP contribution in [0.25, 0.3) is 11.5 Å². The maximum absolute atomic E-state index is 11.3. The van der Waals surface area contributed by atoms with Crippen molar-refractivity contribution in [1.29, 1.82) is 0 Å². The molecule has 0 saturated carbocycles. The lowest BCUT2D eigenvalue weighted by molar-refractivity contribution is 0.0601. The van der Waals surface area contributed by atoms with E-state index in [4.69, 9.17) is 16.0 Å². The number of carbonyl (C=O) groups is 1. The molecule has 0 fully saturated rings. The number of nitrogens with zero attached hydrogens (tertiary/aromatic N) is 1. The molecule has 0 amide bonds. The van der Waals surface area contributed by atoms with Gasteiger partial charge in [-0.1, -0.05) is 11.6 Å². The molecule has 16 heavy (non-hydrogen) atoms. The number of hydrogen-bond donors (Lipinski definition) is 0. The number of hydrogen-bond acceptors (Lipinski definition) is 4. The van der Waals surface area contributed by atoms with Gasteiger partial charge in [-0.3, -0.25) is 0 Å². The Morgan fingerprint density at radius 3 is 2.88 bits per heavy atom. The standard InChI is InChI=1S/C11H8ClNO3/c1-15-11(14)8-3-2-7(6-9(8)12)10-13-4-5-16-10/h2-6H,1H3. The highest BCUT2D eigenvalue weighted by molar-refractivity contribution is 6.33. The van der Waals surface area contributed by atoms with Gasteiger partial charge >= 0.3 is 5.97 Å². The van der Waals surface area contributed by atoms with E-state index < -0.39 is 5.97 Å². The van der Waals surface area contributed by atoms with Crippen molar-refractivity contribution < 1.29 is 13.9 Å². The number of ether oxygens (including phenoxy) is 1. The molecule has 82 valence electrons. The monoisotopic (exact) mass is 237 g/mol. The summed E-state index contributed by atoms with van der Waals surface area (Å²) in [6.07, 6.45) is 3.01. The van der Waals surface area contributed by atoms with Crippen molar-refractivity contribution in [1.82, 2.24) is 4.98 Å². The summed E-state index contributed by atoms with van der Waals surface area (Å²) in [5, 5.41) is 0.308. The zero-order valence-corrected chi connectivity index (χ0v) is 9.19. The van der Waals surface area contributed by atoms with Crippen LogP contribution in [0.2, 0.25) is 5.02 Å². The van der Waals surface area contributed by atoms with E-state index in [2.05, 4.69) is 9.72 Å². The van der Waals surface area contributed by atoms with Gasteiger partial charge in [-0.05, 0) is 18.2 Å². The van der Waals surface area contributed by atoms with Crippen molar-refractivity contribution >= 4 is 17.6 Å². The van der Waals surface area contributed by atoms with Gasteiger partial charge in [0.05, 0.1) is 23.9 Å². The minimum Gasteiger partial charge on any atom is -0.465 e. The fourth-order valence-electron chi connectivity index (χ4n) is 1.29. The molecule has 0 aliphatic heterocycles. The third-order valence-corrected chi connectivity index (χ3v) is 2.37.